The monoisotopic (exact) mass is 499 g/mol. The van der Waals surface area contributed by atoms with E-state index in [1.54, 1.807) is 42.5 Å². The zero-order valence-electron chi connectivity index (χ0n) is 18.6. The molecule has 4 rings (SSSR count). The molecule has 34 heavy (non-hydrogen) atoms. The minimum absolute atomic E-state index is 0.0148. The van der Waals surface area contributed by atoms with Gasteiger partial charge in [0.1, 0.15) is 4.90 Å². The topological polar surface area (TPSA) is 104 Å². The van der Waals surface area contributed by atoms with E-state index in [1.165, 1.54) is 47.8 Å². The third-order valence-electron chi connectivity index (χ3n) is 5.70. The van der Waals surface area contributed by atoms with Crippen molar-refractivity contribution in [3.8, 4) is 0 Å². The van der Waals surface area contributed by atoms with Gasteiger partial charge in [-0.15, -0.1) is 0 Å². The molecule has 1 aliphatic heterocycles. The second-order valence-electron chi connectivity index (χ2n) is 7.89. The molecule has 0 aromatic heterocycles. The van der Waals surface area contributed by atoms with Gasteiger partial charge in [0.25, 0.3) is 15.9 Å². The number of rotatable bonds is 7. The van der Waals surface area contributed by atoms with E-state index >= 15 is 0 Å². The van der Waals surface area contributed by atoms with Crippen molar-refractivity contribution >= 4 is 37.3 Å². The van der Waals surface area contributed by atoms with Gasteiger partial charge in [0.05, 0.1) is 16.1 Å². The van der Waals surface area contributed by atoms with Crippen LogP contribution in [0.3, 0.4) is 0 Å². The highest BCUT2D eigenvalue weighted by Crippen LogP contribution is 2.26. The molecule has 178 valence electrons. The van der Waals surface area contributed by atoms with Gasteiger partial charge in [0.2, 0.25) is 10.0 Å². The van der Waals surface area contributed by atoms with Gasteiger partial charge in [-0.05, 0) is 61.4 Å². The molecule has 1 saturated heterocycles. The highest BCUT2D eigenvalue weighted by atomic mass is 32.2. The molecule has 10 heteroatoms. The van der Waals surface area contributed by atoms with Gasteiger partial charge in [-0.1, -0.05) is 30.3 Å². The number of nitrogens with one attached hydrogen (secondary N) is 1. The molecular formula is C24H25N3O5S2. The van der Waals surface area contributed by atoms with Crippen molar-refractivity contribution in [2.75, 3.05) is 29.8 Å². The number of carbonyl (C=O) groups excluding carboxylic acids is 1. The Hall–Kier alpha value is -3.21. The summed E-state index contributed by atoms with van der Waals surface area (Å²) < 4.78 is 54.5. The van der Waals surface area contributed by atoms with Crippen LogP contribution in [-0.4, -0.2) is 47.2 Å². The Labute approximate surface area is 199 Å². The number of benzene rings is 3. The van der Waals surface area contributed by atoms with Crippen LogP contribution in [0.1, 0.15) is 23.2 Å². The van der Waals surface area contributed by atoms with Crippen LogP contribution < -0.4 is 9.62 Å². The van der Waals surface area contributed by atoms with E-state index in [-0.39, 0.29) is 15.4 Å². The first-order valence-electron chi connectivity index (χ1n) is 10.8. The Morgan fingerprint density at radius 1 is 0.824 bits per heavy atom. The van der Waals surface area contributed by atoms with Gasteiger partial charge >= 0.3 is 0 Å². The normalized spacial score (nSPS) is 14.6. The van der Waals surface area contributed by atoms with Gasteiger partial charge in [0.15, 0.2) is 0 Å². The van der Waals surface area contributed by atoms with Crippen molar-refractivity contribution in [3.63, 3.8) is 0 Å². The van der Waals surface area contributed by atoms with Gasteiger partial charge in [0, 0.05) is 25.8 Å². The minimum atomic E-state index is -4.01. The molecule has 1 fully saturated rings. The highest BCUT2D eigenvalue weighted by Gasteiger charge is 2.28. The molecule has 3 aromatic rings. The number of carbonyl (C=O) groups is 1. The number of nitrogens with zero attached hydrogens (tertiary/aromatic N) is 2. The quantitative estimate of drug-likeness (QED) is 0.535. The number of amides is 1. The third-order valence-corrected chi connectivity index (χ3v) is 9.46. The molecule has 0 bridgehead atoms. The lowest BCUT2D eigenvalue weighted by Crippen LogP contribution is -2.29. The fraction of sp³-hybridized carbons (Fsp3) is 0.208. The van der Waals surface area contributed by atoms with Crippen LogP contribution in [0, 0.1) is 0 Å². The summed E-state index contributed by atoms with van der Waals surface area (Å²) in [5.41, 5.74) is 0.806. The molecule has 0 atom stereocenters. The average Bonchev–Trinajstić information content (AvgIpc) is 3.40. The molecule has 1 N–H and O–H groups in total. The van der Waals surface area contributed by atoms with Crippen LogP contribution in [0.15, 0.2) is 88.7 Å². The van der Waals surface area contributed by atoms with Gasteiger partial charge < -0.3 is 5.32 Å². The van der Waals surface area contributed by atoms with E-state index in [4.69, 9.17) is 0 Å². The second-order valence-corrected chi connectivity index (χ2v) is 11.8. The summed E-state index contributed by atoms with van der Waals surface area (Å²) in [5, 5.41) is 2.67. The highest BCUT2D eigenvalue weighted by molar-refractivity contribution is 7.93. The summed E-state index contributed by atoms with van der Waals surface area (Å²) in [6.07, 6.45) is 1.68. The molecule has 8 nitrogen and oxygen atoms in total. The molecule has 1 amide bonds. The molecule has 0 spiro atoms. The van der Waals surface area contributed by atoms with Crippen LogP contribution in [0.4, 0.5) is 11.4 Å². The third kappa shape index (κ3) is 4.70. The molecule has 0 radical (unpaired) electrons. The van der Waals surface area contributed by atoms with Gasteiger partial charge in [-0.3, -0.25) is 9.10 Å². The van der Waals surface area contributed by atoms with Gasteiger partial charge in [-0.25, -0.2) is 16.8 Å². The maximum absolute atomic E-state index is 13.3. The standard InChI is InChI=1S/C24H25N3O5S2/c1-26(20-9-3-2-4-10-20)34(31,32)23-12-6-5-11-22(23)24(28)25-19-13-15-21(16-14-19)33(29,30)27-17-7-8-18-27/h2-6,9-16H,7-8,17-18H2,1H3,(H,25,28). The van der Waals surface area contributed by atoms with Crippen LogP contribution >= 0.6 is 0 Å². The fourth-order valence-corrected chi connectivity index (χ4v) is 6.69. The lowest BCUT2D eigenvalue weighted by Gasteiger charge is -2.21. The summed E-state index contributed by atoms with van der Waals surface area (Å²) in [6, 6.07) is 20.4. The van der Waals surface area contributed by atoms with E-state index in [0.29, 0.717) is 24.5 Å². The molecule has 0 saturated carbocycles. The summed E-state index contributed by atoms with van der Waals surface area (Å²) in [5.74, 6) is -0.615. The van der Waals surface area contributed by atoms with Crippen LogP contribution in [0.5, 0.6) is 0 Å². The summed E-state index contributed by atoms with van der Waals surface area (Å²) in [7, 11) is -6.14. The first-order chi connectivity index (χ1) is 16.2. The maximum atomic E-state index is 13.3. The van der Waals surface area contributed by atoms with Crippen molar-refractivity contribution in [2.24, 2.45) is 0 Å². The fourth-order valence-electron chi connectivity index (χ4n) is 3.79. The van der Waals surface area contributed by atoms with E-state index in [0.717, 1.165) is 17.1 Å². The number of hydrogen-bond donors (Lipinski definition) is 1. The predicted molar refractivity (Wildman–Crippen MR) is 131 cm³/mol. The number of para-hydroxylation sites is 1. The van der Waals surface area contributed by atoms with Crippen molar-refractivity contribution in [1.29, 1.82) is 0 Å². The first kappa shape index (κ1) is 23.9. The Kier molecular flexibility index (Phi) is 6.74. The predicted octanol–water partition coefficient (Wildman–Crippen LogP) is 3.55. The molecule has 1 heterocycles. The van der Waals surface area contributed by atoms with Crippen molar-refractivity contribution in [2.45, 2.75) is 22.6 Å². The summed E-state index contributed by atoms with van der Waals surface area (Å²) >= 11 is 0. The summed E-state index contributed by atoms with van der Waals surface area (Å²) in [4.78, 5) is 13.0. The Morgan fingerprint density at radius 2 is 1.41 bits per heavy atom. The lowest BCUT2D eigenvalue weighted by atomic mass is 10.2. The van der Waals surface area contributed by atoms with E-state index in [1.807, 2.05) is 0 Å². The first-order valence-corrected chi connectivity index (χ1v) is 13.6. The number of hydrogen-bond acceptors (Lipinski definition) is 5. The van der Waals surface area contributed by atoms with E-state index in [2.05, 4.69) is 5.32 Å². The lowest BCUT2D eigenvalue weighted by molar-refractivity contribution is 0.102. The molecule has 1 aliphatic rings. The Morgan fingerprint density at radius 3 is 2.06 bits per heavy atom. The smallest absolute Gasteiger partial charge is 0.264 e. The van der Waals surface area contributed by atoms with Crippen LogP contribution in [0.2, 0.25) is 0 Å². The average molecular weight is 500 g/mol. The van der Waals surface area contributed by atoms with Crippen LogP contribution in [0.25, 0.3) is 0 Å². The molecule has 3 aromatic carbocycles. The van der Waals surface area contributed by atoms with Crippen LogP contribution in [-0.2, 0) is 20.0 Å². The molecule has 0 aliphatic carbocycles. The zero-order chi connectivity index (χ0) is 24.3. The summed E-state index contributed by atoms with van der Waals surface area (Å²) in [6.45, 7) is 1.01. The van der Waals surface area contributed by atoms with Crippen molar-refractivity contribution < 1.29 is 21.6 Å². The zero-order valence-corrected chi connectivity index (χ0v) is 20.2. The van der Waals surface area contributed by atoms with E-state index in [9.17, 15) is 21.6 Å². The number of anilines is 2. The Bertz CT molecular complexity index is 1380. The maximum Gasteiger partial charge on any atom is 0.264 e. The van der Waals surface area contributed by atoms with Crippen molar-refractivity contribution in [1.82, 2.24) is 4.31 Å². The minimum Gasteiger partial charge on any atom is -0.322 e. The van der Waals surface area contributed by atoms with Crippen molar-refractivity contribution in [3.05, 3.63) is 84.4 Å². The SMILES string of the molecule is CN(c1ccccc1)S(=O)(=O)c1ccccc1C(=O)Nc1ccc(S(=O)(=O)N2CCCC2)cc1. The number of sulfonamides is 2. The second kappa shape index (κ2) is 9.57. The largest absolute Gasteiger partial charge is 0.322 e. The van der Waals surface area contributed by atoms with Gasteiger partial charge in [-0.2, -0.15) is 4.31 Å². The Balaban J connectivity index is 1.57. The molecule has 0 unspecified atom stereocenters. The molecular weight excluding hydrogens is 474 g/mol. The van der Waals surface area contributed by atoms with E-state index < -0.39 is 26.0 Å².